The first kappa shape index (κ1) is 18.7. The monoisotopic (exact) mass is 322 g/mol. The van der Waals surface area contributed by atoms with Gasteiger partial charge in [0, 0.05) is 11.5 Å². The molecule has 6 nitrogen and oxygen atoms in total. The average molecular weight is 322 g/mol. The largest absolute Gasteiger partial charge is 0.516 e. The van der Waals surface area contributed by atoms with Gasteiger partial charge in [0.2, 0.25) is 0 Å². The molecule has 0 amide bonds. The third-order valence-corrected chi connectivity index (χ3v) is 2.92. The van der Waals surface area contributed by atoms with E-state index in [-0.39, 0.29) is 23.4 Å². The van der Waals surface area contributed by atoms with Gasteiger partial charge in [-0.2, -0.15) is 0 Å². The van der Waals surface area contributed by atoms with E-state index in [1.807, 2.05) is 0 Å². The van der Waals surface area contributed by atoms with E-state index in [2.05, 4.69) is 0 Å². The summed E-state index contributed by atoms with van der Waals surface area (Å²) in [6, 6.07) is 6.07. The SMILES string of the molecule is CC(=O)c1ccc(OC(=O)O[C@H](OC(=O)C(C)C)C(C)C)cc1. The summed E-state index contributed by atoms with van der Waals surface area (Å²) in [7, 11) is 0. The maximum Gasteiger partial charge on any atom is 0.516 e. The van der Waals surface area contributed by atoms with Crippen molar-refractivity contribution in [3.63, 3.8) is 0 Å². The van der Waals surface area contributed by atoms with Crippen LogP contribution in [0.5, 0.6) is 5.75 Å². The molecule has 0 saturated carbocycles. The Bertz CT molecular complexity index is 559. The second-order valence-electron chi connectivity index (χ2n) is 5.75. The molecule has 0 aliphatic heterocycles. The molecule has 0 bridgehead atoms. The highest BCUT2D eigenvalue weighted by molar-refractivity contribution is 5.94. The molecule has 0 fully saturated rings. The van der Waals surface area contributed by atoms with Crippen molar-refractivity contribution < 1.29 is 28.6 Å². The first-order valence-electron chi connectivity index (χ1n) is 7.40. The summed E-state index contributed by atoms with van der Waals surface area (Å²) in [6.45, 7) is 8.34. The fourth-order valence-electron chi connectivity index (χ4n) is 1.52. The average Bonchev–Trinajstić information content (AvgIpc) is 2.46. The number of carbonyl (C=O) groups excluding carboxylic acids is 3. The van der Waals surface area contributed by atoms with E-state index < -0.39 is 18.4 Å². The Morgan fingerprint density at radius 2 is 1.48 bits per heavy atom. The van der Waals surface area contributed by atoms with Crippen molar-refractivity contribution >= 4 is 17.9 Å². The summed E-state index contributed by atoms with van der Waals surface area (Å²) in [4.78, 5) is 34.6. The zero-order chi connectivity index (χ0) is 17.6. The predicted octanol–water partition coefficient (Wildman–Crippen LogP) is 3.59. The topological polar surface area (TPSA) is 78.9 Å². The fraction of sp³-hybridized carbons (Fsp3) is 0.471. The zero-order valence-corrected chi connectivity index (χ0v) is 14.0. The van der Waals surface area contributed by atoms with Crippen LogP contribution in [0.4, 0.5) is 4.79 Å². The number of hydrogen-bond acceptors (Lipinski definition) is 6. The number of esters is 1. The van der Waals surface area contributed by atoms with Crippen LogP contribution in [0.25, 0.3) is 0 Å². The van der Waals surface area contributed by atoms with Gasteiger partial charge >= 0.3 is 12.1 Å². The molecule has 1 aromatic carbocycles. The van der Waals surface area contributed by atoms with Crippen LogP contribution in [0.3, 0.4) is 0 Å². The molecule has 0 unspecified atom stereocenters. The van der Waals surface area contributed by atoms with Crippen molar-refractivity contribution in [2.75, 3.05) is 0 Å². The van der Waals surface area contributed by atoms with Crippen molar-refractivity contribution in [1.82, 2.24) is 0 Å². The molecule has 0 aliphatic carbocycles. The number of benzene rings is 1. The van der Waals surface area contributed by atoms with Crippen LogP contribution < -0.4 is 4.74 Å². The normalized spacial score (nSPS) is 12.0. The number of ether oxygens (including phenoxy) is 3. The number of carbonyl (C=O) groups is 3. The highest BCUT2D eigenvalue weighted by Crippen LogP contribution is 2.16. The van der Waals surface area contributed by atoms with E-state index in [9.17, 15) is 14.4 Å². The van der Waals surface area contributed by atoms with Gasteiger partial charge in [-0.25, -0.2) is 4.79 Å². The number of rotatable bonds is 6. The molecule has 0 radical (unpaired) electrons. The zero-order valence-electron chi connectivity index (χ0n) is 14.0. The molecule has 0 N–H and O–H groups in total. The van der Waals surface area contributed by atoms with Crippen molar-refractivity contribution in [2.45, 2.75) is 40.9 Å². The molecule has 0 spiro atoms. The van der Waals surface area contributed by atoms with Crippen LogP contribution in [0.1, 0.15) is 45.0 Å². The van der Waals surface area contributed by atoms with Crippen molar-refractivity contribution in [3.8, 4) is 5.75 Å². The van der Waals surface area contributed by atoms with Crippen LogP contribution in [0.15, 0.2) is 24.3 Å². The summed E-state index contributed by atoms with van der Waals surface area (Å²) in [5.41, 5.74) is 0.511. The van der Waals surface area contributed by atoms with E-state index in [1.54, 1.807) is 39.8 Å². The molecule has 23 heavy (non-hydrogen) atoms. The lowest BCUT2D eigenvalue weighted by molar-refractivity contribution is -0.180. The van der Waals surface area contributed by atoms with Gasteiger partial charge in [-0.05, 0) is 31.2 Å². The molecule has 6 heteroatoms. The van der Waals surface area contributed by atoms with Crippen molar-refractivity contribution in [3.05, 3.63) is 29.8 Å². The highest BCUT2D eigenvalue weighted by Gasteiger charge is 2.25. The van der Waals surface area contributed by atoms with Gasteiger partial charge < -0.3 is 14.2 Å². The van der Waals surface area contributed by atoms with Crippen LogP contribution >= 0.6 is 0 Å². The van der Waals surface area contributed by atoms with E-state index in [1.165, 1.54) is 19.1 Å². The maximum absolute atomic E-state index is 11.8. The second kappa shape index (κ2) is 8.31. The van der Waals surface area contributed by atoms with Gasteiger partial charge in [-0.3, -0.25) is 9.59 Å². The Morgan fingerprint density at radius 1 is 0.913 bits per heavy atom. The third-order valence-electron chi connectivity index (χ3n) is 2.92. The quantitative estimate of drug-likeness (QED) is 0.345. The lowest BCUT2D eigenvalue weighted by atomic mass is 10.1. The van der Waals surface area contributed by atoms with E-state index in [4.69, 9.17) is 14.2 Å². The van der Waals surface area contributed by atoms with Gasteiger partial charge in [-0.15, -0.1) is 0 Å². The molecular weight excluding hydrogens is 300 g/mol. The predicted molar refractivity (Wildman–Crippen MR) is 83.1 cm³/mol. The van der Waals surface area contributed by atoms with E-state index >= 15 is 0 Å². The minimum atomic E-state index is -1.02. The lowest BCUT2D eigenvalue weighted by Crippen LogP contribution is -2.32. The Hall–Kier alpha value is -2.37. The number of Topliss-reactive ketones (excluding diaryl/α,β-unsaturated/α-hetero) is 1. The lowest BCUT2D eigenvalue weighted by Gasteiger charge is -2.21. The maximum atomic E-state index is 11.8. The van der Waals surface area contributed by atoms with Gasteiger partial charge in [0.15, 0.2) is 5.78 Å². The standard InChI is InChI=1S/C17H22O6/c1-10(2)15(19)22-16(11(3)4)23-17(20)21-14-8-6-13(7-9-14)12(5)18/h6-11,16H,1-5H3/t16-/m0/s1. The molecule has 0 aliphatic rings. The molecule has 1 atom stereocenters. The van der Waals surface area contributed by atoms with Gasteiger partial charge in [-0.1, -0.05) is 27.7 Å². The summed E-state index contributed by atoms with van der Waals surface area (Å²) in [6.07, 6.45) is -2.00. The Labute approximate surface area is 135 Å². The Balaban J connectivity index is 2.65. The first-order valence-corrected chi connectivity index (χ1v) is 7.40. The molecular formula is C17H22O6. The van der Waals surface area contributed by atoms with E-state index in [0.29, 0.717) is 5.56 Å². The smallest absolute Gasteiger partial charge is 0.425 e. The van der Waals surface area contributed by atoms with Crippen LogP contribution in [-0.2, 0) is 14.3 Å². The summed E-state index contributed by atoms with van der Waals surface area (Å²) < 4.78 is 15.2. The molecule has 0 saturated heterocycles. The number of ketones is 1. The molecule has 1 rings (SSSR count). The summed E-state index contributed by atoms with van der Waals surface area (Å²) in [5, 5.41) is 0. The number of hydrogen-bond donors (Lipinski definition) is 0. The molecule has 1 aromatic rings. The minimum Gasteiger partial charge on any atom is -0.425 e. The molecule has 0 heterocycles. The van der Waals surface area contributed by atoms with Gasteiger partial charge in [0.05, 0.1) is 5.92 Å². The van der Waals surface area contributed by atoms with Gasteiger partial charge in [0.25, 0.3) is 6.29 Å². The third kappa shape index (κ3) is 6.10. The summed E-state index contributed by atoms with van der Waals surface area (Å²) >= 11 is 0. The van der Waals surface area contributed by atoms with E-state index in [0.717, 1.165) is 0 Å². The van der Waals surface area contributed by atoms with Crippen LogP contribution in [0, 0.1) is 11.8 Å². The Morgan fingerprint density at radius 3 is 1.91 bits per heavy atom. The van der Waals surface area contributed by atoms with Crippen LogP contribution in [0.2, 0.25) is 0 Å². The van der Waals surface area contributed by atoms with Crippen molar-refractivity contribution in [1.29, 1.82) is 0 Å². The fourth-order valence-corrected chi connectivity index (χ4v) is 1.52. The molecule has 126 valence electrons. The summed E-state index contributed by atoms with van der Waals surface area (Å²) in [5.74, 6) is -0.847. The van der Waals surface area contributed by atoms with Crippen molar-refractivity contribution in [2.24, 2.45) is 11.8 Å². The Kier molecular flexibility index (Phi) is 6.75. The highest BCUT2D eigenvalue weighted by atomic mass is 16.8. The first-order chi connectivity index (χ1) is 10.7. The second-order valence-corrected chi connectivity index (χ2v) is 5.75. The van der Waals surface area contributed by atoms with Crippen LogP contribution in [-0.4, -0.2) is 24.2 Å². The van der Waals surface area contributed by atoms with Gasteiger partial charge in [0.1, 0.15) is 5.75 Å². The minimum absolute atomic E-state index is 0.0837. The molecule has 0 aromatic heterocycles.